The molecule has 26 heavy (non-hydrogen) atoms. The molecule has 0 saturated carbocycles. The third-order valence-electron chi connectivity index (χ3n) is 3.80. The highest BCUT2D eigenvalue weighted by Crippen LogP contribution is 2.22. The molecule has 0 heterocycles. The van der Waals surface area contributed by atoms with E-state index in [1.165, 1.54) is 6.07 Å². The molecule has 1 amide bonds. The summed E-state index contributed by atoms with van der Waals surface area (Å²) in [6.07, 6.45) is 0.603. The number of methoxy groups -OCH3 is 1. The van der Waals surface area contributed by atoms with Crippen molar-refractivity contribution in [1.29, 1.82) is 0 Å². The molecule has 0 aliphatic rings. The van der Waals surface area contributed by atoms with E-state index in [9.17, 15) is 19.7 Å². The molecule has 0 saturated heterocycles. The quantitative estimate of drug-likeness (QED) is 0.468. The molecule has 0 radical (unpaired) electrons. The van der Waals surface area contributed by atoms with E-state index in [4.69, 9.17) is 11.6 Å². The van der Waals surface area contributed by atoms with E-state index in [1.54, 1.807) is 24.3 Å². The highest BCUT2D eigenvalue weighted by molar-refractivity contribution is 6.30. The number of hydrogen-bond acceptors (Lipinski definition) is 5. The first-order valence-electron chi connectivity index (χ1n) is 7.79. The van der Waals surface area contributed by atoms with Gasteiger partial charge in [0.15, 0.2) is 0 Å². The number of nitro groups is 1. The summed E-state index contributed by atoms with van der Waals surface area (Å²) in [4.78, 5) is 34.7. The lowest BCUT2D eigenvalue weighted by atomic mass is 10.0. The van der Waals surface area contributed by atoms with Gasteiger partial charge in [-0.3, -0.25) is 14.9 Å². The summed E-state index contributed by atoms with van der Waals surface area (Å²) in [5, 5.41) is 14.5. The van der Waals surface area contributed by atoms with Crippen molar-refractivity contribution in [3.05, 3.63) is 74.3 Å². The van der Waals surface area contributed by atoms with Gasteiger partial charge < -0.3 is 10.1 Å². The molecule has 2 aromatic carbocycles. The van der Waals surface area contributed by atoms with Crippen LogP contribution < -0.4 is 5.32 Å². The number of nitro benzene ring substituents is 1. The van der Waals surface area contributed by atoms with Gasteiger partial charge in [0.1, 0.15) is 0 Å². The van der Waals surface area contributed by atoms with Crippen LogP contribution in [0.15, 0.2) is 42.5 Å². The fraction of sp³-hybridized carbons (Fsp3) is 0.222. The third kappa shape index (κ3) is 4.58. The second kappa shape index (κ2) is 8.44. The smallest absolute Gasteiger partial charge is 0.338 e. The topological polar surface area (TPSA) is 98.5 Å². The zero-order valence-corrected chi connectivity index (χ0v) is 14.9. The molecule has 1 unspecified atom stereocenters. The molecule has 0 fully saturated rings. The maximum atomic E-state index is 12.6. The maximum absolute atomic E-state index is 12.6. The molecule has 7 nitrogen and oxygen atoms in total. The number of ether oxygens (including phenoxy) is 1. The number of nitrogens with one attached hydrogen (secondary N) is 1. The van der Waals surface area contributed by atoms with Crippen molar-refractivity contribution in [2.24, 2.45) is 0 Å². The van der Waals surface area contributed by atoms with E-state index in [2.05, 4.69) is 10.1 Å². The van der Waals surface area contributed by atoms with Crippen LogP contribution in [0, 0.1) is 10.1 Å². The summed E-state index contributed by atoms with van der Waals surface area (Å²) in [6.45, 7) is 1.90. The Morgan fingerprint density at radius 2 is 1.81 bits per heavy atom. The average molecular weight is 377 g/mol. The summed E-state index contributed by atoms with van der Waals surface area (Å²) in [7, 11) is 1.16. The van der Waals surface area contributed by atoms with E-state index in [-0.39, 0.29) is 22.9 Å². The number of non-ortho nitro benzene ring substituents is 1. The lowest BCUT2D eigenvalue weighted by molar-refractivity contribution is -0.384. The van der Waals surface area contributed by atoms with Gasteiger partial charge in [-0.2, -0.15) is 0 Å². The first-order chi connectivity index (χ1) is 12.3. The monoisotopic (exact) mass is 376 g/mol. The number of rotatable bonds is 6. The molecular weight excluding hydrogens is 360 g/mol. The molecule has 136 valence electrons. The summed E-state index contributed by atoms with van der Waals surface area (Å²) < 4.78 is 4.58. The van der Waals surface area contributed by atoms with Gasteiger partial charge in [-0.15, -0.1) is 0 Å². The molecule has 0 spiro atoms. The van der Waals surface area contributed by atoms with E-state index in [1.807, 2.05) is 6.92 Å². The Morgan fingerprint density at radius 1 is 1.19 bits per heavy atom. The Bertz CT molecular complexity index is 836. The molecule has 0 aliphatic carbocycles. The highest BCUT2D eigenvalue weighted by atomic mass is 35.5. The number of carbonyl (C=O) groups is 2. The predicted molar refractivity (Wildman–Crippen MR) is 96.4 cm³/mol. The van der Waals surface area contributed by atoms with E-state index in [0.29, 0.717) is 11.4 Å². The molecule has 2 aromatic rings. The maximum Gasteiger partial charge on any atom is 0.338 e. The van der Waals surface area contributed by atoms with Gasteiger partial charge in [0.2, 0.25) is 0 Å². The largest absolute Gasteiger partial charge is 0.465 e. The number of hydrogen-bond donors (Lipinski definition) is 1. The summed E-state index contributed by atoms with van der Waals surface area (Å²) in [5.74, 6) is -1.28. The molecule has 1 N–H and O–H groups in total. The van der Waals surface area contributed by atoms with Gasteiger partial charge >= 0.3 is 5.97 Å². The van der Waals surface area contributed by atoms with Crippen molar-refractivity contribution in [3.8, 4) is 0 Å². The van der Waals surface area contributed by atoms with Crippen LogP contribution in [-0.2, 0) is 4.74 Å². The second-order valence-corrected chi connectivity index (χ2v) is 5.94. The Balaban J connectivity index is 2.32. The van der Waals surface area contributed by atoms with Crippen molar-refractivity contribution in [1.82, 2.24) is 5.32 Å². The highest BCUT2D eigenvalue weighted by Gasteiger charge is 2.20. The molecule has 8 heteroatoms. The number of carbonyl (C=O) groups excluding carboxylic acids is 2. The van der Waals surface area contributed by atoms with Crippen LogP contribution in [0.5, 0.6) is 0 Å². The van der Waals surface area contributed by atoms with Crippen LogP contribution in [0.4, 0.5) is 5.69 Å². The standard InChI is InChI=1S/C18H17ClN2O5/c1-3-16(11-4-6-14(19)7-5-11)20-17(22)12-8-13(18(23)26-2)10-15(9-12)21(24)25/h4-10,16H,3H2,1-2H3,(H,20,22). The normalized spacial score (nSPS) is 11.5. The summed E-state index contributed by atoms with van der Waals surface area (Å²) >= 11 is 5.87. The van der Waals surface area contributed by atoms with Crippen molar-refractivity contribution in [3.63, 3.8) is 0 Å². The minimum atomic E-state index is -0.757. The molecule has 2 rings (SSSR count). The summed E-state index contributed by atoms with van der Waals surface area (Å²) in [5.41, 5.74) is 0.430. The fourth-order valence-electron chi connectivity index (χ4n) is 2.44. The number of benzene rings is 2. The molecule has 1 atom stereocenters. The third-order valence-corrected chi connectivity index (χ3v) is 4.05. The minimum absolute atomic E-state index is 0.00649. The van der Waals surface area contributed by atoms with Crippen molar-refractivity contribution >= 4 is 29.2 Å². The van der Waals surface area contributed by atoms with E-state index < -0.39 is 16.8 Å². The van der Waals surface area contributed by atoms with Gasteiger partial charge in [-0.25, -0.2) is 4.79 Å². The number of nitrogens with zero attached hydrogens (tertiary/aromatic N) is 1. The second-order valence-electron chi connectivity index (χ2n) is 5.50. The molecular formula is C18H17ClN2O5. The molecule has 0 aromatic heterocycles. The van der Waals surface area contributed by atoms with Crippen molar-refractivity contribution in [2.75, 3.05) is 7.11 Å². The van der Waals surface area contributed by atoms with Crippen LogP contribution in [0.1, 0.15) is 45.7 Å². The zero-order valence-electron chi connectivity index (χ0n) is 14.2. The minimum Gasteiger partial charge on any atom is -0.465 e. The van der Waals surface area contributed by atoms with E-state index in [0.717, 1.165) is 24.8 Å². The van der Waals surface area contributed by atoms with E-state index >= 15 is 0 Å². The first kappa shape index (κ1) is 19.4. The van der Waals surface area contributed by atoms with Gasteiger partial charge in [-0.05, 0) is 30.2 Å². The molecule has 0 aliphatic heterocycles. The molecule has 0 bridgehead atoms. The van der Waals surface area contributed by atoms with Crippen molar-refractivity contribution < 1.29 is 19.2 Å². The average Bonchev–Trinajstić information content (AvgIpc) is 2.65. The fourth-order valence-corrected chi connectivity index (χ4v) is 2.57. The number of esters is 1. The van der Waals surface area contributed by atoms with Gasteiger partial charge in [-0.1, -0.05) is 30.7 Å². The van der Waals surface area contributed by atoms with Gasteiger partial charge in [0.25, 0.3) is 11.6 Å². The summed E-state index contributed by atoms with van der Waals surface area (Å²) in [6, 6.07) is 10.2. The predicted octanol–water partition coefficient (Wildman–Crippen LogP) is 3.92. The Hall–Kier alpha value is -2.93. The Labute approximate surface area is 155 Å². The van der Waals surface area contributed by atoms with Crippen LogP contribution in [-0.4, -0.2) is 23.9 Å². The van der Waals surface area contributed by atoms with Gasteiger partial charge in [0.05, 0.1) is 23.6 Å². The van der Waals surface area contributed by atoms with Crippen molar-refractivity contribution in [2.45, 2.75) is 19.4 Å². The van der Waals surface area contributed by atoms with Crippen LogP contribution >= 0.6 is 11.6 Å². The van der Waals surface area contributed by atoms with Crippen LogP contribution in [0.25, 0.3) is 0 Å². The number of halogens is 1. The van der Waals surface area contributed by atoms with Crippen LogP contribution in [0.2, 0.25) is 5.02 Å². The van der Waals surface area contributed by atoms with Crippen LogP contribution in [0.3, 0.4) is 0 Å². The Morgan fingerprint density at radius 3 is 2.35 bits per heavy atom. The van der Waals surface area contributed by atoms with Gasteiger partial charge in [0, 0.05) is 22.7 Å². The lowest BCUT2D eigenvalue weighted by Gasteiger charge is -2.18. The zero-order chi connectivity index (χ0) is 19.3. The lowest BCUT2D eigenvalue weighted by Crippen LogP contribution is -2.28. The first-order valence-corrected chi connectivity index (χ1v) is 8.17. The Kier molecular flexibility index (Phi) is 6.30. The number of amides is 1. The SMILES string of the molecule is CCC(NC(=O)c1cc(C(=O)OC)cc([N+](=O)[O-])c1)c1ccc(Cl)cc1.